The number of halogens is 1. The second kappa shape index (κ2) is 7.36. The van der Waals surface area contributed by atoms with E-state index in [4.69, 9.17) is 21.1 Å². The first kappa shape index (κ1) is 17.5. The minimum absolute atomic E-state index is 0.128. The van der Waals surface area contributed by atoms with Crippen molar-refractivity contribution in [3.05, 3.63) is 11.5 Å². The molecule has 0 radical (unpaired) electrons. The summed E-state index contributed by atoms with van der Waals surface area (Å²) in [6, 6.07) is 0.420. The van der Waals surface area contributed by atoms with E-state index in [9.17, 15) is 4.79 Å². The molecule has 0 spiro atoms. The third-order valence-corrected chi connectivity index (χ3v) is 5.12. The van der Waals surface area contributed by atoms with E-state index in [2.05, 4.69) is 20.4 Å². The van der Waals surface area contributed by atoms with Gasteiger partial charge in [0.1, 0.15) is 12.4 Å². The van der Waals surface area contributed by atoms with Gasteiger partial charge in [-0.05, 0) is 37.3 Å². The Balaban J connectivity index is 1.55. The fourth-order valence-corrected chi connectivity index (χ4v) is 3.85. The Bertz CT molecular complexity index is 805. The van der Waals surface area contributed by atoms with Crippen LogP contribution >= 0.6 is 11.6 Å². The highest BCUT2D eigenvalue weighted by molar-refractivity contribution is 6.28. The molecule has 2 aromatic heterocycles. The zero-order valence-electron chi connectivity index (χ0n) is 14.7. The van der Waals surface area contributed by atoms with Crippen molar-refractivity contribution >= 4 is 34.4 Å². The predicted molar refractivity (Wildman–Crippen MR) is 96.0 cm³/mol. The van der Waals surface area contributed by atoms with Crippen LogP contribution in [-0.4, -0.2) is 44.5 Å². The van der Waals surface area contributed by atoms with Gasteiger partial charge in [0.2, 0.25) is 5.28 Å². The number of anilines is 1. The average molecular weight is 380 g/mol. The van der Waals surface area contributed by atoms with E-state index in [1.807, 2.05) is 0 Å². The molecule has 2 atom stereocenters. The van der Waals surface area contributed by atoms with Crippen molar-refractivity contribution in [1.82, 2.24) is 19.7 Å². The normalized spacial score (nSPS) is 23.6. The van der Waals surface area contributed by atoms with Gasteiger partial charge in [0, 0.05) is 13.0 Å². The Morgan fingerprint density at radius 3 is 2.92 bits per heavy atom. The SMILES string of the molecule is CC(=O)OCC1CCC(n2ncc3c(NC4CCCC4)nc(Cl)nc32)O1. The van der Waals surface area contributed by atoms with Gasteiger partial charge in [0.05, 0.1) is 17.7 Å². The number of esters is 1. The second-order valence-corrected chi connectivity index (χ2v) is 7.22. The molecule has 140 valence electrons. The molecule has 1 aliphatic heterocycles. The van der Waals surface area contributed by atoms with Crippen LogP contribution in [0.4, 0.5) is 5.82 Å². The summed E-state index contributed by atoms with van der Waals surface area (Å²) in [6.07, 6.45) is 7.70. The van der Waals surface area contributed by atoms with Gasteiger partial charge in [-0.2, -0.15) is 15.1 Å². The lowest BCUT2D eigenvalue weighted by Gasteiger charge is -2.15. The number of hydrogen-bond acceptors (Lipinski definition) is 7. The first-order valence-corrected chi connectivity index (χ1v) is 9.44. The summed E-state index contributed by atoms with van der Waals surface area (Å²) in [6.45, 7) is 1.65. The molecule has 9 heteroatoms. The molecule has 8 nitrogen and oxygen atoms in total. The summed E-state index contributed by atoms with van der Waals surface area (Å²) >= 11 is 6.16. The van der Waals surface area contributed by atoms with Crippen LogP contribution in [0, 0.1) is 0 Å². The summed E-state index contributed by atoms with van der Waals surface area (Å²) in [5.74, 6) is 0.427. The molecule has 2 unspecified atom stereocenters. The molecule has 0 amide bonds. The molecule has 1 aliphatic carbocycles. The maximum atomic E-state index is 11.0. The van der Waals surface area contributed by atoms with Crippen LogP contribution in [0.25, 0.3) is 11.0 Å². The number of ether oxygens (including phenoxy) is 2. The van der Waals surface area contributed by atoms with Crippen LogP contribution in [0.5, 0.6) is 0 Å². The number of carbonyl (C=O) groups is 1. The smallest absolute Gasteiger partial charge is 0.302 e. The van der Waals surface area contributed by atoms with Gasteiger partial charge in [-0.3, -0.25) is 4.79 Å². The van der Waals surface area contributed by atoms with Gasteiger partial charge in [-0.25, -0.2) is 4.68 Å². The molecule has 1 saturated carbocycles. The number of nitrogens with one attached hydrogen (secondary N) is 1. The Morgan fingerprint density at radius 1 is 1.35 bits per heavy atom. The monoisotopic (exact) mass is 379 g/mol. The van der Waals surface area contributed by atoms with Crippen LogP contribution in [-0.2, 0) is 14.3 Å². The van der Waals surface area contributed by atoms with Gasteiger partial charge in [-0.1, -0.05) is 12.8 Å². The molecule has 2 aromatic rings. The third-order valence-electron chi connectivity index (χ3n) is 4.95. The molecule has 0 aromatic carbocycles. The minimum atomic E-state index is -0.302. The highest BCUT2D eigenvalue weighted by Crippen LogP contribution is 2.33. The van der Waals surface area contributed by atoms with Crippen molar-refractivity contribution in [3.8, 4) is 0 Å². The second-order valence-electron chi connectivity index (χ2n) is 6.89. The largest absolute Gasteiger partial charge is 0.463 e. The van der Waals surface area contributed by atoms with E-state index in [0.29, 0.717) is 11.7 Å². The van der Waals surface area contributed by atoms with Gasteiger partial charge < -0.3 is 14.8 Å². The van der Waals surface area contributed by atoms with Crippen molar-refractivity contribution in [2.24, 2.45) is 0 Å². The van der Waals surface area contributed by atoms with Crippen molar-refractivity contribution in [2.45, 2.75) is 63.8 Å². The van der Waals surface area contributed by atoms with Crippen LogP contribution in [0.2, 0.25) is 5.28 Å². The van der Waals surface area contributed by atoms with E-state index in [0.717, 1.165) is 36.9 Å². The first-order valence-electron chi connectivity index (χ1n) is 9.06. The predicted octanol–water partition coefficient (Wildman–Crippen LogP) is 3.07. The fourth-order valence-electron chi connectivity index (χ4n) is 3.68. The maximum Gasteiger partial charge on any atom is 0.302 e. The van der Waals surface area contributed by atoms with Gasteiger partial charge in [0.25, 0.3) is 0 Å². The zero-order chi connectivity index (χ0) is 18.1. The highest BCUT2D eigenvalue weighted by atomic mass is 35.5. The number of fused-ring (bicyclic) bond motifs is 1. The maximum absolute atomic E-state index is 11.0. The molecule has 4 rings (SSSR count). The van der Waals surface area contributed by atoms with Crippen LogP contribution in [0.1, 0.15) is 51.7 Å². The highest BCUT2D eigenvalue weighted by Gasteiger charge is 2.30. The molecule has 3 heterocycles. The lowest BCUT2D eigenvalue weighted by Crippen LogP contribution is -2.19. The fraction of sp³-hybridized carbons (Fsp3) is 0.647. The van der Waals surface area contributed by atoms with E-state index < -0.39 is 0 Å². The van der Waals surface area contributed by atoms with Crippen LogP contribution in [0.15, 0.2) is 6.20 Å². The summed E-state index contributed by atoms with van der Waals surface area (Å²) in [7, 11) is 0. The van der Waals surface area contributed by atoms with Crippen molar-refractivity contribution < 1.29 is 14.3 Å². The van der Waals surface area contributed by atoms with Crippen LogP contribution in [0.3, 0.4) is 0 Å². The van der Waals surface area contributed by atoms with Crippen molar-refractivity contribution in [2.75, 3.05) is 11.9 Å². The first-order chi connectivity index (χ1) is 12.6. The third kappa shape index (κ3) is 3.61. The molecule has 1 saturated heterocycles. The summed E-state index contributed by atoms with van der Waals surface area (Å²) < 4.78 is 12.8. The number of hydrogen-bond donors (Lipinski definition) is 1. The Labute approximate surface area is 156 Å². The molecule has 0 bridgehead atoms. The van der Waals surface area contributed by atoms with Gasteiger partial charge >= 0.3 is 5.97 Å². The Hall–Kier alpha value is -1.93. The van der Waals surface area contributed by atoms with Crippen molar-refractivity contribution in [1.29, 1.82) is 0 Å². The Kier molecular flexibility index (Phi) is 4.95. The molecule has 26 heavy (non-hydrogen) atoms. The summed E-state index contributed by atoms with van der Waals surface area (Å²) in [4.78, 5) is 19.7. The number of aromatic nitrogens is 4. The number of carbonyl (C=O) groups excluding carboxylic acids is 1. The minimum Gasteiger partial charge on any atom is -0.463 e. The topological polar surface area (TPSA) is 91.2 Å². The number of rotatable bonds is 5. The molecular formula is C17H22ClN5O3. The molecular weight excluding hydrogens is 358 g/mol. The van der Waals surface area contributed by atoms with E-state index >= 15 is 0 Å². The van der Waals surface area contributed by atoms with Crippen LogP contribution < -0.4 is 5.32 Å². The standard InChI is InChI=1S/C17H22ClN5O3/c1-10(24)25-9-12-6-7-14(26-12)23-16-13(8-19-23)15(21-17(18)22-16)20-11-4-2-3-5-11/h8,11-12,14H,2-7,9H2,1H3,(H,20,21,22). The average Bonchev–Trinajstić information content (AvgIpc) is 3.32. The quantitative estimate of drug-likeness (QED) is 0.630. The Morgan fingerprint density at radius 2 is 2.15 bits per heavy atom. The van der Waals surface area contributed by atoms with Crippen molar-refractivity contribution in [3.63, 3.8) is 0 Å². The zero-order valence-corrected chi connectivity index (χ0v) is 15.4. The molecule has 1 N–H and O–H groups in total. The van der Waals surface area contributed by atoms with Gasteiger partial charge in [0.15, 0.2) is 11.9 Å². The van der Waals surface area contributed by atoms with E-state index in [1.54, 1.807) is 10.9 Å². The molecule has 2 aliphatic rings. The summed E-state index contributed by atoms with van der Waals surface area (Å²) in [5, 5.41) is 8.98. The van der Waals surface area contributed by atoms with E-state index in [-0.39, 0.29) is 30.2 Å². The van der Waals surface area contributed by atoms with E-state index in [1.165, 1.54) is 19.8 Å². The summed E-state index contributed by atoms with van der Waals surface area (Å²) in [5.41, 5.74) is 0.656. The lowest BCUT2D eigenvalue weighted by molar-refractivity contribution is -0.145. The lowest BCUT2D eigenvalue weighted by atomic mass is 10.2. The van der Waals surface area contributed by atoms with Gasteiger partial charge in [-0.15, -0.1) is 0 Å². The molecule has 2 fully saturated rings. The number of nitrogens with zero attached hydrogens (tertiary/aromatic N) is 4.